The summed E-state index contributed by atoms with van der Waals surface area (Å²) < 4.78 is 30.7. The summed E-state index contributed by atoms with van der Waals surface area (Å²) >= 11 is 0. The zero-order chi connectivity index (χ0) is 16.9. The monoisotopic (exact) mass is 346 g/mol. The molecule has 1 fully saturated rings. The topological polar surface area (TPSA) is 104 Å². The number of sulfonamides is 1. The first kappa shape index (κ1) is 14.8. The van der Waals surface area contributed by atoms with Crippen molar-refractivity contribution in [2.45, 2.75) is 6.42 Å². The molecule has 2 aromatic heterocycles. The fourth-order valence-electron chi connectivity index (χ4n) is 2.92. The van der Waals surface area contributed by atoms with E-state index in [1.165, 1.54) is 0 Å². The molecule has 0 atom stereocenters. The van der Waals surface area contributed by atoms with E-state index in [1.54, 1.807) is 12.3 Å². The second kappa shape index (κ2) is 5.13. The molecule has 0 bridgehead atoms. The molecule has 0 radical (unpaired) electrons. The molecule has 4 rings (SSSR count). The number of pyridine rings is 1. The molecule has 124 valence electrons. The van der Waals surface area contributed by atoms with Crippen molar-refractivity contribution in [3.05, 3.63) is 36.5 Å². The quantitative estimate of drug-likeness (QED) is 0.739. The fourth-order valence-corrected chi connectivity index (χ4v) is 4.41. The van der Waals surface area contributed by atoms with Gasteiger partial charge in [-0.15, -0.1) is 0 Å². The van der Waals surface area contributed by atoms with E-state index in [1.807, 2.05) is 24.3 Å². The van der Waals surface area contributed by atoms with Crippen molar-refractivity contribution in [3.63, 3.8) is 0 Å². The van der Waals surface area contributed by atoms with Crippen LogP contribution >= 0.6 is 0 Å². The maximum absolute atomic E-state index is 12.0. The van der Waals surface area contributed by atoms with Gasteiger partial charge in [-0.3, -0.25) is 4.98 Å². The van der Waals surface area contributed by atoms with Crippen LogP contribution in [0.1, 0.15) is 6.42 Å². The highest BCUT2D eigenvalue weighted by Gasteiger charge is 2.35. The van der Waals surface area contributed by atoms with Crippen molar-refractivity contribution in [1.29, 1.82) is 0 Å². The van der Waals surface area contributed by atoms with Crippen LogP contribution in [0.5, 0.6) is 11.5 Å². The smallest absolute Gasteiger partial charge is 0.256 e. The molecule has 1 saturated heterocycles. The first-order chi connectivity index (χ1) is 11.5. The number of para-hydroxylation sites is 1. The molecule has 0 amide bonds. The van der Waals surface area contributed by atoms with Gasteiger partial charge in [-0.25, -0.2) is 12.7 Å². The average molecular weight is 346 g/mol. The van der Waals surface area contributed by atoms with Crippen LogP contribution in [0.4, 0.5) is 5.88 Å². The van der Waals surface area contributed by atoms with E-state index in [2.05, 4.69) is 4.98 Å². The SMILES string of the molecule is O=S1(=O)CCCN1c1oc(-c2ccnc3ccccc23)c(O)c1O. The van der Waals surface area contributed by atoms with Gasteiger partial charge >= 0.3 is 0 Å². The second-order valence-electron chi connectivity index (χ2n) is 5.55. The maximum Gasteiger partial charge on any atom is 0.256 e. The number of rotatable bonds is 2. The van der Waals surface area contributed by atoms with Gasteiger partial charge < -0.3 is 14.6 Å². The maximum atomic E-state index is 12.0. The Balaban J connectivity index is 1.93. The van der Waals surface area contributed by atoms with Crippen molar-refractivity contribution in [2.75, 3.05) is 16.6 Å². The first-order valence-electron chi connectivity index (χ1n) is 7.38. The molecule has 0 unspecified atom stereocenters. The summed E-state index contributed by atoms with van der Waals surface area (Å²) in [7, 11) is -3.53. The minimum atomic E-state index is -3.53. The number of aromatic nitrogens is 1. The van der Waals surface area contributed by atoms with Crippen molar-refractivity contribution >= 4 is 26.8 Å². The Morgan fingerprint density at radius 2 is 1.92 bits per heavy atom. The normalized spacial score (nSPS) is 16.8. The molecule has 2 N–H and O–H groups in total. The van der Waals surface area contributed by atoms with Crippen LogP contribution in [0.25, 0.3) is 22.2 Å². The van der Waals surface area contributed by atoms with Crippen molar-refractivity contribution in [3.8, 4) is 22.8 Å². The number of hydrogen-bond donors (Lipinski definition) is 2. The zero-order valence-electron chi connectivity index (χ0n) is 12.5. The third-order valence-electron chi connectivity index (χ3n) is 4.06. The molecule has 1 aliphatic heterocycles. The lowest BCUT2D eigenvalue weighted by molar-refractivity contribution is 0.409. The van der Waals surface area contributed by atoms with Crippen LogP contribution in [0.2, 0.25) is 0 Å². The number of hydrogen-bond acceptors (Lipinski definition) is 6. The molecule has 24 heavy (non-hydrogen) atoms. The van der Waals surface area contributed by atoms with Crippen molar-refractivity contribution < 1.29 is 23.0 Å². The van der Waals surface area contributed by atoms with Crippen molar-refractivity contribution in [2.24, 2.45) is 0 Å². The van der Waals surface area contributed by atoms with Crippen LogP contribution in [0.3, 0.4) is 0 Å². The second-order valence-corrected chi connectivity index (χ2v) is 7.56. The molecule has 8 heteroatoms. The molecular weight excluding hydrogens is 332 g/mol. The number of nitrogens with zero attached hydrogens (tertiary/aromatic N) is 2. The lowest BCUT2D eigenvalue weighted by atomic mass is 10.1. The Morgan fingerprint density at radius 3 is 2.67 bits per heavy atom. The number of benzene rings is 1. The van der Waals surface area contributed by atoms with Gasteiger partial charge in [-0.2, -0.15) is 0 Å². The van der Waals surface area contributed by atoms with E-state index < -0.39 is 21.5 Å². The lowest BCUT2D eigenvalue weighted by Crippen LogP contribution is -2.24. The predicted octanol–water partition coefficient (Wildman–Crippen LogP) is 2.45. The number of furan rings is 1. The van der Waals surface area contributed by atoms with Gasteiger partial charge in [-0.05, 0) is 18.6 Å². The highest BCUT2D eigenvalue weighted by Crippen LogP contribution is 2.49. The molecule has 1 aromatic carbocycles. The van der Waals surface area contributed by atoms with E-state index in [-0.39, 0.29) is 23.9 Å². The highest BCUT2D eigenvalue weighted by atomic mass is 32.2. The van der Waals surface area contributed by atoms with Crippen LogP contribution in [0, 0.1) is 0 Å². The number of fused-ring (bicyclic) bond motifs is 1. The Labute approximate surface area is 137 Å². The Hall–Kier alpha value is -2.74. The summed E-state index contributed by atoms with van der Waals surface area (Å²) in [6, 6.07) is 8.91. The van der Waals surface area contributed by atoms with Gasteiger partial charge in [-0.1, -0.05) is 18.2 Å². The summed E-state index contributed by atoms with van der Waals surface area (Å²) in [6.07, 6.45) is 2.00. The van der Waals surface area contributed by atoms with Crippen LogP contribution in [0.15, 0.2) is 40.9 Å². The third-order valence-corrected chi connectivity index (χ3v) is 5.88. The standard InChI is InChI=1S/C16H14N2O5S/c19-13-14(20)16(18-8-3-9-24(18,21)22)23-15(13)11-6-7-17-12-5-2-1-4-10(11)12/h1-2,4-7,19-20H,3,8-9H2. The number of aromatic hydroxyl groups is 2. The Kier molecular flexibility index (Phi) is 3.17. The summed E-state index contributed by atoms with van der Waals surface area (Å²) in [4.78, 5) is 4.23. The predicted molar refractivity (Wildman–Crippen MR) is 88.5 cm³/mol. The Bertz CT molecular complexity index is 1040. The summed E-state index contributed by atoms with van der Waals surface area (Å²) in [5.74, 6) is -1.30. The Morgan fingerprint density at radius 1 is 1.12 bits per heavy atom. The molecule has 3 aromatic rings. The first-order valence-corrected chi connectivity index (χ1v) is 8.99. The zero-order valence-corrected chi connectivity index (χ0v) is 13.3. The molecule has 7 nitrogen and oxygen atoms in total. The molecule has 0 spiro atoms. The van der Waals surface area contributed by atoms with E-state index in [4.69, 9.17) is 4.42 Å². The van der Waals surface area contributed by atoms with Gasteiger partial charge in [0.1, 0.15) is 0 Å². The molecule has 0 saturated carbocycles. The molecule has 1 aliphatic rings. The van der Waals surface area contributed by atoms with E-state index >= 15 is 0 Å². The number of anilines is 1. The summed E-state index contributed by atoms with van der Waals surface area (Å²) in [6.45, 7) is 0.208. The molecular formula is C16H14N2O5S. The van der Waals surface area contributed by atoms with Crippen LogP contribution in [-0.4, -0.2) is 35.9 Å². The minimum Gasteiger partial charge on any atom is -0.502 e. The largest absolute Gasteiger partial charge is 0.502 e. The average Bonchev–Trinajstić information content (AvgIpc) is 3.07. The fraction of sp³-hybridized carbons (Fsp3) is 0.188. The van der Waals surface area contributed by atoms with E-state index in [0.29, 0.717) is 17.5 Å². The van der Waals surface area contributed by atoms with Crippen molar-refractivity contribution in [1.82, 2.24) is 4.98 Å². The van der Waals surface area contributed by atoms with Gasteiger partial charge in [0.15, 0.2) is 5.76 Å². The third kappa shape index (κ3) is 2.10. The van der Waals surface area contributed by atoms with Gasteiger partial charge in [0.25, 0.3) is 5.88 Å². The summed E-state index contributed by atoms with van der Waals surface area (Å²) in [5.41, 5.74) is 1.22. The lowest BCUT2D eigenvalue weighted by Gasteiger charge is -2.13. The van der Waals surface area contributed by atoms with Crippen LogP contribution in [-0.2, 0) is 10.0 Å². The van der Waals surface area contributed by atoms with Gasteiger partial charge in [0.2, 0.25) is 21.5 Å². The van der Waals surface area contributed by atoms with E-state index in [9.17, 15) is 18.6 Å². The minimum absolute atomic E-state index is 0.0125. The summed E-state index contributed by atoms with van der Waals surface area (Å²) in [5, 5.41) is 21.2. The van der Waals surface area contributed by atoms with Crippen LogP contribution < -0.4 is 4.31 Å². The molecule has 3 heterocycles. The van der Waals surface area contributed by atoms with E-state index in [0.717, 1.165) is 9.69 Å². The molecule has 0 aliphatic carbocycles. The van der Waals surface area contributed by atoms with Gasteiger partial charge in [0.05, 0.1) is 11.3 Å². The van der Waals surface area contributed by atoms with Gasteiger partial charge in [0, 0.05) is 23.7 Å². The highest BCUT2D eigenvalue weighted by molar-refractivity contribution is 7.93.